The highest BCUT2D eigenvalue weighted by Crippen LogP contribution is 2.30. The molecule has 150 valence electrons. The number of likely N-dealkylation sites (tertiary alicyclic amines) is 1. The lowest BCUT2D eigenvalue weighted by Crippen LogP contribution is -2.45. The van der Waals surface area contributed by atoms with Crippen LogP contribution in [0.1, 0.15) is 43.8 Å². The SMILES string of the molecule is CCNC(=NCc1nc(C(F)(F)F)cs1)NCCN1CCCCC1C.I. The normalized spacial score (nSPS) is 19.1. The van der Waals surface area contributed by atoms with Crippen molar-refractivity contribution in [3.8, 4) is 0 Å². The van der Waals surface area contributed by atoms with Crippen LogP contribution in [0.25, 0.3) is 0 Å². The van der Waals surface area contributed by atoms with Gasteiger partial charge < -0.3 is 10.6 Å². The number of hydrogen-bond acceptors (Lipinski definition) is 4. The van der Waals surface area contributed by atoms with Crippen LogP contribution in [0.3, 0.4) is 0 Å². The average Bonchev–Trinajstić information content (AvgIpc) is 3.03. The maximum Gasteiger partial charge on any atom is 0.434 e. The molecule has 1 aromatic rings. The number of hydrogen-bond donors (Lipinski definition) is 2. The molecule has 2 heterocycles. The molecule has 0 aromatic carbocycles. The molecule has 1 unspecified atom stereocenters. The van der Waals surface area contributed by atoms with Gasteiger partial charge in [-0.3, -0.25) is 4.90 Å². The third kappa shape index (κ3) is 7.55. The van der Waals surface area contributed by atoms with E-state index in [9.17, 15) is 13.2 Å². The molecule has 1 atom stereocenters. The fourth-order valence-corrected chi connectivity index (χ4v) is 3.53. The molecule has 1 aromatic heterocycles. The van der Waals surface area contributed by atoms with E-state index < -0.39 is 11.9 Å². The number of halogens is 4. The molecular formula is C16H27F3IN5S. The lowest BCUT2D eigenvalue weighted by molar-refractivity contribution is -0.140. The number of alkyl halides is 3. The van der Waals surface area contributed by atoms with Gasteiger partial charge in [0, 0.05) is 31.1 Å². The Hall–Kier alpha value is -0.620. The van der Waals surface area contributed by atoms with Crippen LogP contribution in [-0.4, -0.2) is 48.1 Å². The summed E-state index contributed by atoms with van der Waals surface area (Å²) < 4.78 is 37.7. The number of thiazole rings is 1. The molecule has 1 aliphatic rings. The predicted octanol–water partition coefficient (Wildman–Crippen LogP) is 3.71. The molecule has 1 aliphatic heterocycles. The summed E-state index contributed by atoms with van der Waals surface area (Å²) in [5.74, 6) is 0.607. The van der Waals surface area contributed by atoms with Gasteiger partial charge in [-0.15, -0.1) is 35.3 Å². The summed E-state index contributed by atoms with van der Waals surface area (Å²) in [5, 5.41) is 7.75. The van der Waals surface area contributed by atoms with Gasteiger partial charge in [0.2, 0.25) is 0 Å². The van der Waals surface area contributed by atoms with E-state index in [-0.39, 0.29) is 30.5 Å². The second-order valence-electron chi connectivity index (χ2n) is 6.13. The van der Waals surface area contributed by atoms with Gasteiger partial charge in [0.25, 0.3) is 0 Å². The van der Waals surface area contributed by atoms with E-state index in [2.05, 4.69) is 32.4 Å². The number of guanidine groups is 1. The first-order valence-corrected chi connectivity index (χ1v) is 9.56. The van der Waals surface area contributed by atoms with Crippen molar-refractivity contribution in [1.82, 2.24) is 20.5 Å². The minimum atomic E-state index is -4.40. The maximum atomic E-state index is 12.6. The van der Waals surface area contributed by atoms with Crippen LogP contribution in [0.5, 0.6) is 0 Å². The zero-order chi connectivity index (χ0) is 18.3. The molecule has 1 saturated heterocycles. The summed E-state index contributed by atoms with van der Waals surface area (Å²) in [6.45, 7) is 7.83. The van der Waals surface area contributed by atoms with Crippen molar-refractivity contribution in [3.63, 3.8) is 0 Å². The molecule has 2 rings (SSSR count). The zero-order valence-corrected chi connectivity index (χ0v) is 18.3. The maximum absolute atomic E-state index is 12.6. The number of piperidine rings is 1. The highest BCUT2D eigenvalue weighted by Gasteiger charge is 2.33. The van der Waals surface area contributed by atoms with Gasteiger partial charge in [-0.2, -0.15) is 13.2 Å². The summed E-state index contributed by atoms with van der Waals surface area (Å²) >= 11 is 0.981. The molecule has 0 radical (unpaired) electrons. The van der Waals surface area contributed by atoms with Crippen molar-refractivity contribution in [2.24, 2.45) is 4.99 Å². The molecule has 2 N–H and O–H groups in total. The molecule has 1 fully saturated rings. The van der Waals surface area contributed by atoms with Gasteiger partial charge >= 0.3 is 6.18 Å². The molecule has 5 nitrogen and oxygen atoms in total. The van der Waals surface area contributed by atoms with Crippen molar-refractivity contribution in [1.29, 1.82) is 0 Å². The Balaban J connectivity index is 0.00000338. The Labute approximate surface area is 173 Å². The number of nitrogens with one attached hydrogen (secondary N) is 2. The highest BCUT2D eigenvalue weighted by atomic mass is 127. The van der Waals surface area contributed by atoms with E-state index in [1.54, 1.807) is 0 Å². The van der Waals surface area contributed by atoms with Crippen LogP contribution in [-0.2, 0) is 12.7 Å². The molecule has 0 saturated carbocycles. The van der Waals surface area contributed by atoms with Crippen molar-refractivity contribution in [2.75, 3.05) is 26.2 Å². The summed E-state index contributed by atoms with van der Waals surface area (Å²) in [5.41, 5.74) is -0.847. The van der Waals surface area contributed by atoms with E-state index in [4.69, 9.17) is 0 Å². The molecule has 0 amide bonds. The average molecular weight is 505 g/mol. The number of nitrogens with zero attached hydrogens (tertiary/aromatic N) is 3. The van der Waals surface area contributed by atoms with Crippen LogP contribution >= 0.6 is 35.3 Å². The van der Waals surface area contributed by atoms with Crippen molar-refractivity contribution in [3.05, 3.63) is 16.1 Å². The first-order chi connectivity index (χ1) is 11.9. The molecule has 26 heavy (non-hydrogen) atoms. The van der Waals surface area contributed by atoms with Gasteiger partial charge in [-0.05, 0) is 33.2 Å². The first-order valence-electron chi connectivity index (χ1n) is 8.68. The minimum Gasteiger partial charge on any atom is -0.357 e. The van der Waals surface area contributed by atoms with E-state index in [0.29, 0.717) is 23.6 Å². The second-order valence-corrected chi connectivity index (χ2v) is 7.07. The van der Waals surface area contributed by atoms with Crippen molar-refractivity contribution >= 4 is 41.3 Å². The monoisotopic (exact) mass is 505 g/mol. The molecule has 0 bridgehead atoms. The van der Waals surface area contributed by atoms with Gasteiger partial charge in [-0.25, -0.2) is 9.98 Å². The molecule has 10 heteroatoms. The van der Waals surface area contributed by atoms with E-state index in [1.807, 2.05) is 6.92 Å². The quantitative estimate of drug-likeness (QED) is 0.352. The number of aliphatic imine (C=N–C) groups is 1. The number of rotatable bonds is 6. The van der Waals surface area contributed by atoms with Gasteiger partial charge in [-0.1, -0.05) is 6.42 Å². The summed E-state index contributed by atoms with van der Waals surface area (Å²) in [6.07, 6.45) is -0.626. The largest absolute Gasteiger partial charge is 0.434 e. The Morgan fingerprint density at radius 3 is 2.77 bits per heavy atom. The van der Waals surface area contributed by atoms with Crippen LogP contribution < -0.4 is 10.6 Å². The molecule has 0 aliphatic carbocycles. The fourth-order valence-electron chi connectivity index (χ4n) is 2.81. The molecular weight excluding hydrogens is 478 g/mol. The standard InChI is InChI=1S/C16H26F3N5S.HI/c1-3-20-15(21-7-9-24-8-5-4-6-12(24)2)22-10-14-23-13(11-25-14)16(17,18)19;/h11-12H,3-10H2,1-2H3,(H2,20,21,22);1H. The van der Waals surface area contributed by atoms with E-state index in [1.165, 1.54) is 19.3 Å². The predicted molar refractivity (Wildman–Crippen MR) is 110 cm³/mol. The zero-order valence-electron chi connectivity index (χ0n) is 15.1. The molecule has 0 spiro atoms. The second kappa shape index (κ2) is 11.3. The Morgan fingerprint density at radius 1 is 1.38 bits per heavy atom. The van der Waals surface area contributed by atoms with Crippen LogP contribution in [0.4, 0.5) is 13.2 Å². The fraction of sp³-hybridized carbons (Fsp3) is 0.750. The smallest absolute Gasteiger partial charge is 0.357 e. The summed E-state index contributed by atoms with van der Waals surface area (Å²) in [7, 11) is 0. The van der Waals surface area contributed by atoms with Gasteiger partial charge in [0.05, 0.1) is 6.54 Å². The first kappa shape index (κ1) is 23.4. The highest BCUT2D eigenvalue weighted by molar-refractivity contribution is 14.0. The third-order valence-electron chi connectivity index (χ3n) is 4.19. The van der Waals surface area contributed by atoms with Crippen LogP contribution in [0.15, 0.2) is 10.4 Å². The van der Waals surface area contributed by atoms with Crippen LogP contribution in [0, 0.1) is 0 Å². The third-order valence-corrected chi connectivity index (χ3v) is 5.02. The minimum absolute atomic E-state index is 0. The van der Waals surface area contributed by atoms with Gasteiger partial charge in [0.15, 0.2) is 11.7 Å². The van der Waals surface area contributed by atoms with Gasteiger partial charge in [0.1, 0.15) is 5.01 Å². The van der Waals surface area contributed by atoms with Crippen LogP contribution in [0.2, 0.25) is 0 Å². The number of aromatic nitrogens is 1. The van der Waals surface area contributed by atoms with Crippen molar-refractivity contribution in [2.45, 2.75) is 51.9 Å². The Kier molecular flexibility index (Phi) is 10.2. The Morgan fingerprint density at radius 2 is 2.15 bits per heavy atom. The topological polar surface area (TPSA) is 52.6 Å². The van der Waals surface area contributed by atoms with Crippen molar-refractivity contribution < 1.29 is 13.2 Å². The lowest BCUT2D eigenvalue weighted by atomic mass is 10.0. The Bertz CT molecular complexity index is 564. The summed E-state index contributed by atoms with van der Waals surface area (Å²) in [4.78, 5) is 10.4. The van der Waals surface area contributed by atoms with E-state index >= 15 is 0 Å². The summed E-state index contributed by atoms with van der Waals surface area (Å²) in [6, 6.07) is 0.603. The van der Waals surface area contributed by atoms with E-state index in [0.717, 1.165) is 36.4 Å². The lowest BCUT2D eigenvalue weighted by Gasteiger charge is -2.33.